The van der Waals surface area contributed by atoms with Gasteiger partial charge in [0.15, 0.2) is 17.2 Å². The lowest BCUT2D eigenvalue weighted by Crippen LogP contribution is -2.06. The summed E-state index contributed by atoms with van der Waals surface area (Å²) in [5.41, 5.74) is 0.672. The Hall–Kier alpha value is -1.95. The Balaban J connectivity index is 2.30. The summed E-state index contributed by atoms with van der Waals surface area (Å²) in [6, 6.07) is 4.90. The number of aromatic carboxylic acids is 1. The van der Waals surface area contributed by atoms with Crippen molar-refractivity contribution in [3.8, 4) is 0 Å². The van der Waals surface area contributed by atoms with Crippen molar-refractivity contribution in [2.24, 2.45) is 0 Å². The molecule has 0 atom stereocenters. The minimum Gasteiger partial charge on any atom is -0.477 e. The first-order chi connectivity index (χ1) is 8.22. The van der Waals surface area contributed by atoms with Crippen molar-refractivity contribution in [3.63, 3.8) is 0 Å². The molecule has 0 aromatic carbocycles. The van der Waals surface area contributed by atoms with E-state index in [4.69, 9.17) is 9.84 Å². The minimum absolute atomic E-state index is 0.119. The summed E-state index contributed by atoms with van der Waals surface area (Å²) in [6.07, 6.45) is 1.49. The minimum atomic E-state index is -1.01. The maximum absolute atomic E-state index is 11.0. The third-order valence-corrected chi connectivity index (χ3v) is 2.37. The van der Waals surface area contributed by atoms with Crippen LogP contribution in [0.3, 0.4) is 0 Å². The van der Waals surface area contributed by atoms with E-state index >= 15 is 0 Å². The summed E-state index contributed by atoms with van der Waals surface area (Å²) in [5, 5.41) is 13.2. The van der Waals surface area contributed by atoms with Crippen LogP contribution in [0.15, 0.2) is 18.2 Å². The molecular weight excluding hydrogens is 222 g/mol. The SMILES string of the molecule is COCCCc1nc2cccc(C(=O)O)n2n1. The van der Waals surface area contributed by atoms with Gasteiger partial charge >= 0.3 is 5.97 Å². The van der Waals surface area contributed by atoms with E-state index in [9.17, 15) is 4.79 Å². The number of carboxylic acid groups (broad SMARTS) is 1. The van der Waals surface area contributed by atoms with Crippen LogP contribution in [0.2, 0.25) is 0 Å². The second-order valence-corrected chi connectivity index (χ2v) is 3.61. The van der Waals surface area contributed by atoms with Crippen LogP contribution in [-0.2, 0) is 11.2 Å². The summed E-state index contributed by atoms with van der Waals surface area (Å²) < 4.78 is 6.29. The standard InChI is InChI=1S/C11H13N3O3/c1-17-7-3-5-9-12-10-6-2-4-8(11(15)16)14(10)13-9/h2,4,6H,3,5,7H2,1H3,(H,15,16). The molecular formula is C11H13N3O3. The van der Waals surface area contributed by atoms with E-state index < -0.39 is 5.97 Å². The van der Waals surface area contributed by atoms with Crippen LogP contribution in [0.1, 0.15) is 22.7 Å². The number of carboxylic acids is 1. The highest BCUT2D eigenvalue weighted by atomic mass is 16.5. The summed E-state index contributed by atoms with van der Waals surface area (Å²) in [5.74, 6) is -0.375. The van der Waals surface area contributed by atoms with Crippen molar-refractivity contribution >= 4 is 11.6 Å². The highest BCUT2D eigenvalue weighted by Crippen LogP contribution is 2.07. The molecule has 6 nitrogen and oxygen atoms in total. The molecule has 0 amide bonds. The molecule has 2 aromatic rings. The summed E-state index contributed by atoms with van der Waals surface area (Å²) in [4.78, 5) is 15.2. The number of pyridine rings is 1. The fourth-order valence-electron chi connectivity index (χ4n) is 1.59. The van der Waals surface area contributed by atoms with Crippen molar-refractivity contribution < 1.29 is 14.6 Å². The molecule has 0 aliphatic carbocycles. The fourth-order valence-corrected chi connectivity index (χ4v) is 1.59. The zero-order valence-corrected chi connectivity index (χ0v) is 9.46. The maximum Gasteiger partial charge on any atom is 0.354 e. The van der Waals surface area contributed by atoms with Crippen molar-refractivity contribution in [1.82, 2.24) is 14.6 Å². The van der Waals surface area contributed by atoms with E-state index in [2.05, 4.69) is 10.1 Å². The number of fused-ring (bicyclic) bond motifs is 1. The Morgan fingerprint density at radius 2 is 2.35 bits per heavy atom. The van der Waals surface area contributed by atoms with Crippen LogP contribution >= 0.6 is 0 Å². The van der Waals surface area contributed by atoms with Crippen molar-refractivity contribution in [2.75, 3.05) is 13.7 Å². The zero-order chi connectivity index (χ0) is 12.3. The Kier molecular flexibility index (Phi) is 3.34. The van der Waals surface area contributed by atoms with Gasteiger partial charge in [0, 0.05) is 20.1 Å². The predicted octanol–water partition coefficient (Wildman–Crippen LogP) is 1.01. The Bertz CT molecular complexity index is 536. The predicted molar refractivity (Wildman–Crippen MR) is 60.1 cm³/mol. The highest BCUT2D eigenvalue weighted by molar-refractivity contribution is 5.86. The second kappa shape index (κ2) is 4.92. The van der Waals surface area contributed by atoms with Gasteiger partial charge < -0.3 is 9.84 Å². The number of aromatic nitrogens is 3. The van der Waals surface area contributed by atoms with Gasteiger partial charge in [-0.1, -0.05) is 6.07 Å². The molecule has 0 bridgehead atoms. The van der Waals surface area contributed by atoms with Gasteiger partial charge in [0.1, 0.15) is 0 Å². The fraction of sp³-hybridized carbons (Fsp3) is 0.364. The van der Waals surface area contributed by atoms with E-state index in [-0.39, 0.29) is 5.69 Å². The molecule has 2 rings (SSSR count). The number of rotatable bonds is 5. The summed E-state index contributed by atoms with van der Waals surface area (Å²) >= 11 is 0. The van der Waals surface area contributed by atoms with Gasteiger partial charge in [0.05, 0.1) is 0 Å². The third kappa shape index (κ3) is 2.42. The van der Waals surface area contributed by atoms with Gasteiger partial charge in [-0.2, -0.15) is 5.10 Å². The van der Waals surface area contributed by atoms with Crippen LogP contribution in [0, 0.1) is 0 Å². The van der Waals surface area contributed by atoms with Crippen LogP contribution in [0.4, 0.5) is 0 Å². The Labute approximate surface area is 97.9 Å². The molecule has 0 fully saturated rings. The molecule has 2 heterocycles. The molecule has 90 valence electrons. The molecule has 17 heavy (non-hydrogen) atoms. The van der Waals surface area contributed by atoms with Crippen LogP contribution in [0.5, 0.6) is 0 Å². The lowest BCUT2D eigenvalue weighted by Gasteiger charge is -1.96. The lowest BCUT2D eigenvalue weighted by atomic mass is 10.3. The normalized spacial score (nSPS) is 10.9. The van der Waals surface area contributed by atoms with E-state index in [1.54, 1.807) is 19.2 Å². The van der Waals surface area contributed by atoms with Gasteiger partial charge in [-0.25, -0.2) is 14.3 Å². The average molecular weight is 235 g/mol. The third-order valence-electron chi connectivity index (χ3n) is 2.37. The number of aryl methyl sites for hydroxylation is 1. The zero-order valence-electron chi connectivity index (χ0n) is 9.46. The monoisotopic (exact) mass is 235 g/mol. The second-order valence-electron chi connectivity index (χ2n) is 3.61. The smallest absolute Gasteiger partial charge is 0.354 e. The van der Waals surface area contributed by atoms with Gasteiger partial charge in [-0.05, 0) is 18.6 Å². The van der Waals surface area contributed by atoms with E-state index in [0.717, 1.165) is 6.42 Å². The first kappa shape index (κ1) is 11.5. The highest BCUT2D eigenvalue weighted by Gasteiger charge is 2.11. The van der Waals surface area contributed by atoms with Gasteiger partial charge in [-0.15, -0.1) is 0 Å². The topological polar surface area (TPSA) is 76.7 Å². The summed E-state index contributed by atoms with van der Waals surface area (Å²) in [7, 11) is 1.64. The molecule has 6 heteroatoms. The van der Waals surface area contributed by atoms with E-state index in [1.165, 1.54) is 10.6 Å². The van der Waals surface area contributed by atoms with E-state index in [1.807, 2.05) is 0 Å². The van der Waals surface area contributed by atoms with Crippen molar-refractivity contribution in [1.29, 1.82) is 0 Å². The number of hydrogen-bond acceptors (Lipinski definition) is 4. The lowest BCUT2D eigenvalue weighted by molar-refractivity contribution is 0.0687. The maximum atomic E-state index is 11.0. The quantitative estimate of drug-likeness (QED) is 0.782. The number of ether oxygens (including phenoxy) is 1. The average Bonchev–Trinajstić information content (AvgIpc) is 2.71. The summed E-state index contributed by atoms with van der Waals surface area (Å²) in [6.45, 7) is 0.640. The number of hydrogen-bond donors (Lipinski definition) is 1. The first-order valence-electron chi connectivity index (χ1n) is 5.29. The first-order valence-corrected chi connectivity index (χ1v) is 5.29. The van der Waals surface area contributed by atoms with Gasteiger partial charge in [0.2, 0.25) is 0 Å². The molecule has 0 aliphatic heterocycles. The molecule has 0 aliphatic rings. The number of methoxy groups -OCH3 is 1. The van der Waals surface area contributed by atoms with Crippen LogP contribution in [0.25, 0.3) is 5.65 Å². The largest absolute Gasteiger partial charge is 0.477 e. The molecule has 2 aromatic heterocycles. The molecule has 0 saturated carbocycles. The molecule has 1 N–H and O–H groups in total. The van der Waals surface area contributed by atoms with Crippen LogP contribution in [-0.4, -0.2) is 39.4 Å². The Morgan fingerprint density at radius 3 is 3.06 bits per heavy atom. The van der Waals surface area contributed by atoms with E-state index in [0.29, 0.717) is 24.5 Å². The number of carbonyl (C=O) groups is 1. The van der Waals surface area contributed by atoms with Crippen molar-refractivity contribution in [3.05, 3.63) is 29.7 Å². The van der Waals surface area contributed by atoms with Gasteiger partial charge in [-0.3, -0.25) is 0 Å². The number of nitrogens with zero attached hydrogens (tertiary/aromatic N) is 3. The van der Waals surface area contributed by atoms with Crippen LogP contribution < -0.4 is 0 Å². The van der Waals surface area contributed by atoms with Gasteiger partial charge in [0.25, 0.3) is 0 Å². The molecule has 0 spiro atoms. The molecule has 0 radical (unpaired) electrons. The van der Waals surface area contributed by atoms with Crippen molar-refractivity contribution in [2.45, 2.75) is 12.8 Å². The Morgan fingerprint density at radius 1 is 1.53 bits per heavy atom. The molecule has 0 unspecified atom stereocenters. The molecule has 0 saturated heterocycles.